The van der Waals surface area contributed by atoms with Crippen molar-refractivity contribution in [3.05, 3.63) is 108 Å². The van der Waals surface area contributed by atoms with Gasteiger partial charge in [-0.25, -0.2) is 4.79 Å². The van der Waals surface area contributed by atoms with Crippen LogP contribution in [0.1, 0.15) is 82.8 Å². The molecule has 1 atom stereocenters. The average Bonchev–Trinajstić information content (AvgIpc) is 3.65. The Labute approximate surface area is 305 Å². The molecule has 0 saturated carbocycles. The quantitative estimate of drug-likeness (QED) is 0.0605. The van der Waals surface area contributed by atoms with Gasteiger partial charge >= 0.3 is 5.97 Å². The first-order valence-corrected chi connectivity index (χ1v) is 19.6. The van der Waals surface area contributed by atoms with Crippen LogP contribution in [0.2, 0.25) is 0 Å². The number of hydroxylamine groups is 2. The predicted octanol–water partition coefficient (Wildman–Crippen LogP) is 7.28. The molecule has 272 valence electrons. The Balaban J connectivity index is 1.17. The summed E-state index contributed by atoms with van der Waals surface area (Å²) in [4.78, 5) is 43.2. The van der Waals surface area contributed by atoms with E-state index in [1.54, 1.807) is 0 Å². The van der Waals surface area contributed by atoms with Crippen molar-refractivity contribution in [2.45, 2.75) is 77.0 Å². The zero-order valence-corrected chi connectivity index (χ0v) is 30.8. The number of nitrogens with zero attached hydrogens (tertiary/aromatic N) is 3. The Morgan fingerprint density at radius 3 is 2.44 bits per heavy atom. The van der Waals surface area contributed by atoms with Crippen LogP contribution in [-0.2, 0) is 34.8 Å². The van der Waals surface area contributed by atoms with Crippen molar-refractivity contribution in [3.63, 3.8) is 0 Å². The van der Waals surface area contributed by atoms with E-state index in [0.717, 1.165) is 22.8 Å². The van der Waals surface area contributed by atoms with Gasteiger partial charge in [0.2, 0.25) is 5.69 Å². The number of anilines is 1. The zero-order chi connectivity index (χ0) is 37.0. The minimum Gasteiger partial charge on any atom is -0.344 e. The topological polar surface area (TPSA) is 124 Å². The molecular formula is C41H46N3O7S+. The lowest BCUT2D eigenvalue weighted by Crippen LogP contribution is -2.32. The number of carbonyl (C=O) groups is 3. The van der Waals surface area contributed by atoms with Gasteiger partial charge in [0.05, 0.1) is 11.2 Å². The van der Waals surface area contributed by atoms with E-state index in [0.29, 0.717) is 43.8 Å². The number of imide groups is 1. The summed E-state index contributed by atoms with van der Waals surface area (Å²) in [5.74, 6) is -1.62. The number of para-hydroxylation sites is 1. The van der Waals surface area contributed by atoms with Gasteiger partial charge in [-0.2, -0.15) is 13.0 Å². The molecule has 0 spiro atoms. The van der Waals surface area contributed by atoms with E-state index in [1.807, 2.05) is 36.4 Å². The largest absolute Gasteiger partial charge is 0.344 e. The minimum atomic E-state index is -4.01. The number of amides is 2. The molecule has 0 aliphatic carbocycles. The number of hydrogen-bond donors (Lipinski definition) is 1. The molecule has 6 rings (SSSR count). The molecular weight excluding hydrogens is 679 g/mol. The average molecular weight is 725 g/mol. The molecule has 3 aliphatic rings. The van der Waals surface area contributed by atoms with Gasteiger partial charge < -0.3 is 9.74 Å². The fourth-order valence-electron chi connectivity index (χ4n) is 7.66. The Morgan fingerprint density at radius 2 is 1.67 bits per heavy atom. The fraction of sp³-hybridized carbons (Fsp3) is 0.366. The summed E-state index contributed by atoms with van der Waals surface area (Å²) in [6.07, 6.45) is 12.9. The molecule has 0 bridgehead atoms. The standard InChI is InChI=1S/C41H45N3O7S/c1-29-31-16-9-10-19-34(31)42(26-12-11-21-39(47)51-44-37(45)24-25-38(44)46)33(29)18-5-4-6-20-36-41(2,3)40-32-17-8-7-15-30(32)22-23-35(40)43(36)27-13-14-28-52(48,49)50/h4-10,15-20,22-23,29H,11-14,21,24-28H2,1-3H3/p+1. The monoisotopic (exact) mass is 724 g/mol. The van der Waals surface area contributed by atoms with Gasteiger partial charge in [-0.3, -0.25) is 14.1 Å². The summed E-state index contributed by atoms with van der Waals surface area (Å²) in [5.41, 5.74) is 6.68. The summed E-state index contributed by atoms with van der Waals surface area (Å²) in [6, 6.07) is 21.0. The van der Waals surface area contributed by atoms with E-state index < -0.39 is 27.9 Å². The maximum atomic E-state index is 12.3. The van der Waals surface area contributed by atoms with Crippen molar-refractivity contribution >= 4 is 55.8 Å². The van der Waals surface area contributed by atoms with E-state index >= 15 is 0 Å². The Hall–Kier alpha value is -4.87. The van der Waals surface area contributed by atoms with Crippen molar-refractivity contribution < 1.29 is 36.8 Å². The Bertz CT molecular complexity index is 2110. The summed E-state index contributed by atoms with van der Waals surface area (Å²) in [7, 11) is -4.01. The predicted molar refractivity (Wildman–Crippen MR) is 202 cm³/mol. The van der Waals surface area contributed by atoms with Crippen LogP contribution in [0.4, 0.5) is 11.4 Å². The summed E-state index contributed by atoms with van der Waals surface area (Å²) in [5, 5.41) is 2.96. The van der Waals surface area contributed by atoms with Crippen LogP contribution in [-0.4, -0.2) is 64.9 Å². The molecule has 1 N–H and O–H groups in total. The third-order valence-corrected chi connectivity index (χ3v) is 11.0. The van der Waals surface area contributed by atoms with Crippen LogP contribution in [0.3, 0.4) is 0 Å². The van der Waals surface area contributed by atoms with Crippen molar-refractivity contribution in [1.29, 1.82) is 0 Å². The highest BCUT2D eigenvalue weighted by Gasteiger charge is 2.45. The highest BCUT2D eigenvalue weighted by atomic mass is 32.2. The number of unbranched alkanes of at least 4 members (excludes halogenated alkanes) is 2. The van der Waals surface area contributed by atoms with Gasteiger partial charge in [0.15, 0.2) is 5.71 Å². The second-order valence-electron chi connectivity index (χ2n) is 14.1. The van der Waals surface area contributed by atoms with E-state index in [2.05, 4.69) is 84.9 Å². The SMILES string of the molecule is CC1\C(=C/C=C/C=C/C2=[N+](CCCCS(=O)(=O)O)c3ccc4ccccc4c3C2(C)C)N(CCCCC(=O)ON2C(=O)CCC2=O)c2ccccc21. The van der Waals surface area contributed by atoms with Gasteiger partial charge in [-0.1, -0.05) is 67.6 Å². The van der Waals surface area contributed by atoms with Gasteiger partial charge in [-0.15, -0.1) is 5.06 Å². The van der Waals surface area contributed by atoms with Crippen LogP contribution < -0.4 is 4.90 Å². The molecule has 1 fully saturated rings. The maximum Gasteiger partial charge on any atom is 0.333 e. The molecule has 1 saturated heterocycles. The minimum absolute atomic E-state index is 0.0710. The van der Waals surface area contributed by atoms with Crippen LogP contribution >= 0.6 is 0 Å². The molecule has 3 aromatic carbocycles. The molecule has 52 heavy (non-hydrogen) atoms. The Kier molecular flexibility index (Phi) is 10.9. The van der Waals surface area contributed by atoms with E-state index in [4.69, 9.17) is 4.84 Å². The van der Waals surface area contributed by atoms with Gasteiger partial charge in [0.1, 0.15) is 6.54 Å². The second-order valence-corrected chi connectivity index (χ2v) is 15.7. The lowest BCUT2D eigenvalue weighted by Gasteiger charge is -2.22. The molecule has 10 nitrogen and oxygen atoms in total. The van der Waals surface area contributed by atoms with E-state index in [9.17, 15) is 27.4 Å². The molecule has 3 aromatic rings. The smallest absolute Gasteiger partial charge is 0.333 e. The molecule has 3 aliphatic heterocycles. The number of allylic oxidation sites excluding steroid dienone is 6. The summed E-state index contributed by atoms with van der Waals surface area (Å²) in [6.45, 7) is 7.95. The number of carbonyl (C=O) groups excluding carboxylic acids is 3. The molecule has 1 unspecified atom stereocenters. The highest BCUT2D eigenvalue weighted by molar-refractivity contribution is 7.85. The van der Waals surface area contributed by atoms with Crippen LogP contribution in [0.15, 0.2) is 96.7 Å². The fourth-order valence-corrected chi connectivity index (χ4v) is 8.22. The number of hydrogen-bond acceptors (Lipinski definition) is 7. The number of benzene rings is 3. The lowest BCUT2D eigenvalue weighted by molar-refractivity contribution is -0.438. The Morgan fingerprint density at radius 1 is 0.942 bits per heavy atom. The van der Waals surface area contributed by atoms with Gasteiger partial charge in [0.25, 0.3) is 21.9 Å². The van der Waals surface area contributed by atoms with E-state index in [-0.39, 0.29) is 36.3 Å². The van der Waals surface area contributed by atoms with Crippen LogP contribution in [0.25, 0.3) is 10.8 Å². The van der Waals surface area contributed by atoms with Crippen molar-refractivity contribution in [1.82, 2.24) is 5.06 Å². The number of fused-ring (bicyclic) bond motifs is 4. The first-order chi connectivity index (χ1) is 24.9. The van der Waals surface area contributed by atoms with Crippen LogP contribution in [0, 0.1) is 0 Å². The summed E-state index contributed by atoms with van der Waals surface area (Å²) >= 11 is 0. The molecule has 3 heterocycles. The normalized spacial score (nSPS) is 19.2. The third kappa shape index (κ3) is 7.80. The summed E-state index contributed by atoms with van der Waals surface area (Å²) < 4.78 is 34.3. The molecule has 0 aromatic heterocycles. The molecule has 0 radical (unpaired) electrons. The first-order valence-electron chi connectivity index (χ1n) is 18.0. The number of rotatable bonds is 14. The van der Waals surface area contributed by atoms with Gasteiger partial charge in [0, 0.05) is 67.2 Å². The maximum absolute atomic E-state index is 12.3. The highest BCUT2D eigenvalue weighted by Crippen LogP contribution is 2.45. The van der Waals surface area contributed by atoms with E-state index in [1.165, 1.54) is 21.9 Å². The molecule has 2 amide bonds. The second kappa shape index (κ2) is 15.4. The zero-order valence-electron chi connectivity index (χ0n) is 30.0. The van der Waals surface area contributed by atoms with Crippen LogP contribution in [0.5, 0.6) is 0 Å². The van der Waals surface area contributed by atoms with Crippen molar-refractivity contribution in [2.24, 2.45) is 0 Å². The van der Waals surface area contributed by atoms with Crippen molar-refractivity contribution in [2.75, 3.05) is 23.7 Å². The lowest BCUT2D eigenvalue weighted by atomic mass is 9.79. The van der Waals surface area contributed by atoms with Crippen molar-refractivity contribution in [3.8, 4) is 0 Å². The van der Waals surface area contributed by atoms with Gasteiger partial charge in [-0.05, 0) is 67.7 Å². The molecule has 11 heteroatoms. The first kappa shape index (κ1) is 36.9. The third-order valence-electron chi connectivity index (χ3n) is 10.2.